The third-order valence-corrected chi connectivity index (χ3v) is 3.77. The van der Waals surface area contributed by atoms with Crippen molar-refractivity contribution in [1.29, 1.82) is 0 Å². The van der Waals surface area contributed by atoms with Crippen LogP contribution in [-0.2, 0) is 9.53 Å². The minimum absolute atomic E-state index is 0.0169. The highest BCUT2D eigenvalue weighted by molar-refractivity contribution is 6.34. The van der Waals surface area contributed by atoms with Crippen molar-refractivity contribution in [3.05, 3.63) is 84.5 Å². The fourth-order valence-corrected chi connectivity index (χ4v) is 2.45. The minimum Gasteiger partial charge on any atom is -0.402 e. The van der Waals surface area contributed by atoms with Gasteiger partial charge in [0.05, 0.1) is 32.1 Å². The van der Waals surface area contributed by atoms with E-state index in [4.69, 9.17) is 16.3 Å². The van der Waals surface area contributed by atoms with E-state index in [0.29, 0.717) is 10.6 Å². The summed E-state index contributed by atoms with van der Waals surface area (Å²) in [4.78, 5) is 36.4. The third-order valence-electron chi connectivity index (χ3n) is 3.44. The van der Waals surface area contributed by atoms with Crippen LogP contribution in [0.1, 0.15) is 11.1 Å². The Morgan fingerprint density at radius 2 is 1.81 bits per heavy atom. The summed E-state index contributed by atoms with van der Waals surface area (Å²) in [5, 5.41) is 22.3. The van der Waals surface area contributed by atoms with Gasteiger partial charge < -0.3 is 4.74 Å². The summed E-state index contributed by atoms with van der Waals surface area (Å²) in [6.07, 6.45) is 1.13. The monoisotopic (exact) mass is 373 g/mol. The maximum absolute atomic E-state index is 12.0. The molecule has 3 rings (SSSR count). The first-order chi connectivity index (χ1) is 12.4. The topological polar surface area (TPSA) is 125 Å². The Kier molecular flexibility index (Phi) is 4.46. The largest absolute Gasteiger partial charge is 0.402 e. The maximum atomic E-state index is 12.0. The van der Waals surface area contributed by atoms with Crippen LogP contribution in [0.2, 0.25) is 5.02 Å². The number of nitrogens with zero attached hydrogens (tertiary/aromatic N) is 3. The van der Waals surface area contributed by atoms with Gasteiger partial charge in [-0.25, -0.2) is 9.79 Å². The SMILES string of the molecule is O=C1OC(c2ccccc2Cl)=N/C1=C\c1ccc([N+](=O)[O-])cc1[N+](=O)[O-]. The number of nitro groups is 2. The summed E-state index contributed by atoms with van der Waals surface area (Å²) in [6, 6.07) is 9.64. The molecule has 0 saturated heterocycles. The molecule has 0 radical (unpaired) electrons. The van der Waals surface area contributed by atoms with Gasteiger partial charge in [0.1, 0.15) is 0 Å². The second-order valence-electron chi connectivity index (χ2n) is 5.07. The lowest BCUT2D eigenvalue weighted by molar-refractivity contribution is -0.394. The Morgan fingerprint density at radius 1 is 1.08 bits per heavy atom. The van der Waals surface area contributed by atoms with Crippen molar-refractivity contribution in [2.45, 2.75) is 0 Å². The van der Waals surface area contributed by atoms with E-state index in [1.165, 1.54) is 6.07 Å². The molecule has 0 saturated carbocycles. The molecule has 0 aromatic heterocycles. The molecule has 0 amide bonds. The zero-order chi connectivity index (χ0) is 18.8. The molecule has 0 spiro atoms. The molecule has 2 aromatic rings. The predicted molar refractivity (Wildman–Crippen MR) is 91.8 cm³/mol. The number of carbonyl (C=O) groups is 1. The molecule has 0 fully saturated rings. The molecule has 1 aliphatic heterocycles. The van der Waals surface area contributed by atoms with Gasteiger partial charge in [0.15, 0.2) is 5.70 Å². The Hall–Kier alpha value is -3.59. The van der Waals surface area contributed by atoms with Crippen molar-refractivity contribution in [3.8, 4) is 0 Å². The van der Waals surface area contributed by atoms with Crippen LogP contribution < -0.4 is 0 Å². The van der Waals surface area contributed by atoms with Crippen molar-refractivity contribution in [2.75, 3.05) is 0 Å². The normalized spacial score (nSPS) is 14.9. The van der Waals surface area contributed by atoms with Crippen LogP contribution in [0.3, 0.4) is 0 Å². The number of nitro benzene ring substituents is 2. The number of halogens is 1. The van der Waals surface area contributed by atoms with Crippen LogP contribution in [0.25, 0.3) is 6.08 Å². The van der Waals surface area contributed by atoms with Crippen LogP contribution in [0.4, 0.5) is 11.4 Å². The van der Waals surface area contributed by atoms with E-state index in [-0.39, 0.29) is 17.2 Å². The summed E-state index contributed by atoms with van der Waals surface area (Å²) >= 11 is 6.03. The summed E-state index contributed by atoms with van der Waals surface area (Å²) in [6.45, 7) is 0. The number of carbonyl (C=O) groups excluding carboxylic acids is 1. The number of aliphatic imine (C=N–C) groups is 1. The predicted octanol–water partition coefficient (Wildman–Crippen LogP) is 3.50. The average molecular weight is 374 g/mol. The lowest BCUT2D eigenvalue weighted by Gasteiger charge is -2.00. The fraction of sp³-hybridized carbons (Fsp3) is 0. The molecule has 0 N–H and O–H groups in total. The van der Waals surface area contributed by atoms with E-state index < -0.39 is 27.2 Å². The molecule has 1 heterocycles. The van der Waals surface area contributed by atoms with Gasteiger partial charge in [-0.1, -0.05) is 23.7 Å². The molecule has 0 unspecified atom stereocenters. The highest BCUT2D eigenvalue weighted by Crippen LogP contribution is 2.29. The molecule has 0 bridgehead atoms. The van der Waals surface area contributed by atoms with Gasteiger partial charge in [0, 0.05) is 6.07 Å². The van der Waals surface area contributed by atoms with E-state index in [2.05, 4.69) is 4.99 Å². The maximum Gasteiger partial charge on any atom is 0.363 e. The van der Waals surface area contributed by atoms with Crippen molar-refractivity contribution in [1.82, 2.24) is 0 Å². The molecule has 0 atom stereocenters. The molecule has 1 aliphatic rings. The minimum atomic E-state index is -0.812. The molecule has 130 valence electrons. The molecule has 2 aromatic carbocycles. The summed E-state index contributed by atoms with van der Waals surface area (Å²) in [7, 11) is 0. The standard InChI is InChI=1S/C16H8ClN3O6/c17-12-4-2-1-3-11(12)15-18-13(16(21)26-15)7-9-5-6-10(19(22)23)8-14(9)20(24)25/h1-8H/b13-7-. The van der Waals surface area contributed by atoms with Crippen molar-refractivity contribution in [2.24, 2.45) is 4.99 Å². The number of hydrogen-bond acceptors (Lipinski definition) is 7. The Balaban J connectivity index is 2.05. The van der Waals surface area contributed by atoms with Crippen molar-refractivity contribution >= 4 is 40.9 Å². The molecule has 9 nitrogen and oxygen atoms in total. The second kappa shape index (κ2) is 6.73. The lowest BCUT2D eigenvalue weighted by atomic mass is 10.1. The average Bonchev–Trinajstić information content (AvgIpc) is 2.95. The first kappa shape index (κ1) is 17.2. The van der Waals surface area contributed by atoms with Gasteiger partial charge in [-0.3, -0.25) is 20.2 Å². The fourth-order valence-electron chi connectivity index (χ4n) is 2.23. The van der Waals surface area contributed by atoms with Gasteiger partial charge in [0.25, 0.3) is 11.4 Å². The molecule has 26 heavy (non-hydrogen) atoms. The molecular formula is C16H8ClN3O6. The summed E-state index contributed by atoms with van der Waals surface area (Å²) in [5.41, 5.74) is -0.772. The molecule has 10 heteroatoms. The van der Waals surface area contributed by atoms with Crippen LogP contribution >= 0.6 is 11.6 Å². The first-order valence-electron chi connectivity index (χ1n) is 7.07. The summed E-state index contributed by atoms with van der Waals surface area (Å²) < 4.78 is 5.06. The highest BCUT2D eigenvalue weighted by atomic mass is 35.5. The van der Waals surface area contributed by atoms with Gasteiger partial charge in [-0.2, -0.15) is 0 Å². The van der Waals surface area contributed by atoms with Gasteiger partial charge in [-0.05, 0) is 24.3 Å². The van der Waals surface area contributed by atoms with Gasteiger partial charge in [0.2, 0.25) is 5.90 Å². The van der Waals surface area contributed by atoms with Crippen LogP contribution in [-0.4, -0.2) is 21.7 Å². The molecule has 0 aliphatic carbocycles. The van der Waals surface area contributed by atoms with E-state index in [0.717, 1.165) is 18.2 Å². The van der Waals surface area contributed by atoms with Crippen molar-refractivity contribution in [3.63, 3.8) is 0 Å². The van der Waals surface area contributed by atoms with E-state index >= 15 is 0 Å². The quantitative estimate of drug-likeness (QED) is 0.349. The Bertz CT molecular complexity index is 1010. The number of hydrogen-bond donors (Lipinski definition) is 0. The lowest BCUT2D eigenvalue weighted by Crippen LogP contribution is -2.05. The number of non-ortho nitro benzene ring substituents is 1. The number of ether oxygens (including phenoxy) is 1. The zero-order valence-corrected chi connectivity index (χ0v) is 13.5. The van der Waals surface area contributed by atoms with Crippen molar-refractivity contribution < 1.29 is 19.4 Å². The van der Waals surface area contributed by atoms with E-state index in [1.54, 1.807) is 24.3 Å². The smallest absolute Gasteiger partial charge is 0.363 e. The van der Waals surface area contributed by atoms with Gasteiger partial charge in [-0.15, -0.1) is 0 Å². The third kappa shape index (κ3) is 3.28. The molecular weight excluding hydrogens is 366 g/mol. The number of benzene rings is 2. The Morgan fingerprint density at radius 3 is 2.46 bits per heavy atom. The van der Waals surface area contributed by atoms with E-state index in [9.17, 15) is 25.0 Å². The number of cyclic esters (lactones) is 1. The van der Waals surface area contributed by atoms with Crippen LogP contribution in [0.5, 0.6) is 0 Å². The highest BCUT2D eigenvalue weighted by Gasteiger charge is 2.27. The number of rotatable bonds is 4. The van der Waals surface area contributed by atoms with E-state index in [1.807, 2.05) is 0 Å². The second-order valence-corrected chi connectivity index (χ2v) is 5.48. The summed E-state index contributed by atoms with van der Waals surface area (Å²) in [5.74, 6) is -0.844. The Labute approximate surface area is 150 Å². The zero-order valence-electron chi connectivity index (χ0n) is 12.8. The first-order valence-corrected chi connectivity index (χ1v) is 7.45. The van der Waals surface area contributed by atoms with Gasteiger partial charge >= 0.3 is 5.97 Å². The van der Waals surface area contributed by atoms with Crippen LogP contribution in [0, 0.1) is 20.2 Å². The van der Waals surface area contributed by atoms with Crippen LogP contribution in [0.15, 0.2) is 53.2 Å². The number of esters is 1.